The molecule has 0 aromatic heterocycles. The van der Waals surface area contributed by atoms with Gasteiger partial charge in [-0.1, -0.05) is 30.1 Å². The van der Waals surface area contributed by atoms with Crippen molar-refractivity contribution in [2.24, 2.45) is 0 Å². The minimum Gasteiger partial charge on any atom is -0.875 e. The molecule has 0 spiro atoms. The van der Waals surface area contributed by atoms with Crippen LogP contribution < -0.4 is 5.11 Å². The smallest absolute Gasteiger partial charge is 0.198 e. The molecule has 6 heteroatoms. The van der Waals surface area contributed by atoms with E-state index in [-0.39, 0.29) is 14.9 Å². The Bertz CT molecular complexity index is 482. The van der Waals surface area contributed by atoms with Gasteiger partial charge in [-0.25, -0.2) is 8.42 Å². The molecular formula is C9H7Cl2O3S-. The van der Waals surface area contributed by atoms with Crippen LogP contribution in [-0.4, -0.2) is 8.42 Å². The van der Waals surface area contributed by atoms with Crippen LogP contribution in [0.15, 0.2) is 34.3 Å². The van der Waals surface area contributed by atoms with Gasteiger partial charge >= 0.3 is 0 Å². The number of halogens is 2. The van der Waals surface area contributed by atoms with Crippen LogP contribution in [0.2, 0.25) is 10.0 Å². The summed E-state index contributed by atoms with van der Waals surface area (Å²) in [6.07, 6.45) is 0. The fraction of sp³-hybridized carbons (Fsp3) is 0.111. The molecule has 82 valence electrons. The van der Waals surface area contributed by atoms with Gasteiger partial charge in [0.25, 0.3) is 0 Å². The molecule has 0 saturated heterocycles. The van der Waals surface area contributed by atoms with Crippen molar-refractivity contribution in [2.75, 3.05) is 0 Å². The third kappa shape index (κ3) is 3.41. The molecule has 15 heavy (non-hydrogen) atoms. The van der Waals surface area contributed by atoms with E-state index in [9.17, 15) is 13.5 Å². The molecule has 1 aromatic carbocycles. The molecular weight excluding hydrogens is 259 g/mol. The van der Waals surface area contributed by atoms with E-state index in [1.165, 1.54) is 18.2 Å². The zero-order valence-electron chi connectivity index (χ0n) is 7.70. The van der Waals surface area contributed by atoms with Crippen LogP contribution in [0.5, 0.6) is 0 Å². The highest BCUT2D eigenvalue weighted by Gasteiger charge is 2.11. The zero-order chi connectivity index (χ0) is 11.6. The van der Waals surface area contributed by atoms with Gasteiger partial charge in [-0.2, -0.15) is 0 Å². The topological polar surface area (TPSA) is 57.2 Å². The summed E-state index contributed by atoms with van der Waals surface area (Å²) in [6, 6.07) is 3.89. The van der Waals surface area contributed by atoms with Crippen molar-refractivity contribution >= 4 is 33.0 Å². The molecule has 0 aliphatic heterocycles. The molecule has 0 N–H and O–H groups in total. The summed E-state index contributed by atoms with van der Waals surface area (Å²) < 4.78 is 23.1. The monoisotopic (exact) mass is 265 g/mol. The first kappa shape index (κ1) is 12.4. The Hall–Kier alpha value is -0.710. The van der Waals surface area contributed by atoms with E-state index < -0.39 is 15.6 Å². The standard InChI is InChI=1S/C9H8Cl2O3S/c1-6(12)5-15(13,14)9-3-7(10)2-8(11)4-9/h2-5,12H,1H3/p-1/b6-5-. The molecule has 0 bridgehead atoms. The molecule has 0 atom stereocenters. The van der Waals surface area contributed by atoms with Crippen molar-refractivity contribution in [2.45, 2.75) is 11.8 Å². The van der Waals surface area contributed by atoms with E-state index in [4.69, 9.17) is 23.2 Å². The summed E-state index contributed by atoms with van der Waals surface area (Å²) >= 11 is 11.3. The van der Waals surface area contributed by atoms with Crippen molar-refractivity contribution in [1.82, 2.24) is 0 Å². The van der Waals surface area contributed by atoms with Crippen molar-refractivity contribution in [3.05, 3.63) is 39.4 Å². The third-order valence-corrected chi connectivity index (χ3v) is 3.46. The molecule has 0 aliphatic carbocycles. The summed E-state index contributed by atoms with van der Waals surface area (Å²) in [6.45, 7) is 1.16. The molecule has 3 nitrogen and oxygen atoms in total. The quantitative estimate of drug-likeness (QED) is 0.769. The van der Waals surface area contributed by atoms with Gasteiger partial charge in [0.05, 0.1) is 4.90 Å². The lowest BCUT2D eigenvalue weighted by Gasteiger charge is -2.05. The molecule has 0 heterocycles. The van der Waals surface area contributed by atoms with Gasteiger partial charge in [0.2, 0.25) is 0 Å². The van der Waals surface area contributed by atoms with Gasteiger partial charge in [0.1, 0.15) is 0 Å². The van der Waals surface area contributed by atoms with E-state index in [1.807, 2.05) is 0 Å². The Morgan fingerprint density at radius 1 is 1.27 bits per heavy atom. The number of hydrogen-bond acceptors (Lipinski definition) is 3. The first-order valence-electron chi connectivity index (χ1n) is 3.88. The Morgan fingerprint density at radius 2 is 1.73 bits per heavy atom. The Balaban J connectivity index is 3.34. The van der Waals surface area contributed by atoms with Crippen LogP contribution in [0.1, 0.15) is 6.92 Å². The lowest BCUT2D eigenvalue weighted by molar-refractivity contribution is -0.301. The summed E-state index contributed by atoms with van der Waals surface area (Å²) in [4.78, 5) is -0.0878. The van der Waals surface area contributed by atoms with E-state index in [2.05, 4.69) is 0 Å². The molecule has 1 rings (SSSR count). The maximum atomic E-state index is 11.6. The van der Waals surface area contributed by atoms with E-state index in [1.54, 1.807) is 0 Å². The summed E-state index contributed by atoms with van der Waals surface area (Å²) in [5.74, 6) is -0.550. The van der Waals surface area contributed by atoms with Gasteiger partial charge in [-0.3, -0.25) is 0 Å². The van der Waals surface area contributed by atoms with Gasteiger partial charge < -0.3 is 5.11 Å². The van der Waals surface area contributed by atoms with E-state index in [0.29, 0.717) is 5.41 Å². The number of hydrogen-bond donors (Lipinski definition) is 0. The molecule has 0 radical (unpaired) electrons. The Labute approximate surface area is 97.9 Å². The Morgan fingerprint density at radius 3 is 2.13 bits per heavy atom. The number of sulfone groups is 1. The van der Waals surface area contributed by atoms with Gasteiger partial charge in [0.15, 0.2) is 9.84 Å². The van der Waals surface area contributed by atoms with Crippen LogP contribution in [0.4, 0.5) is 0 Å². The molecule has 0 amide bonds. The van der Waals surface area contributed by atoms with Crippen LogP contribution in [-0.2, 0) is 9.84 Å². The summed E-state index contributed by atoms with van der Waals surface area (Å²) in [7, 11) is -3.75. The summed E-state index contributed by atoms with van der Waals surface area (Å²) in [5, 5.41) is 11.7. The number of benzene rings is 1. The largest absolute Gasteiger partial charge is 0.875 e. The van der Waals surface area contributed by atoms with Crippen LogP contribution in [0.25, 0.3) is 0 Å². The van der Waals surface area contributed by atoms with E-state index >= 15 is 0 Å². The van der Waals surface area contributed by atoms with Crippen molar-refractivity contribution < 1.29 is 13.5 Å². The highest BCUT2D eigenvalue weighted by atomic mass is 35.5. The lowest BCUT2D eigenvalue weighted by atomic mass is 10.4. The molecule has 0 aliphatic rings. The fourth-order valence-electron chi connectivity index (χ4n) is 0.979. The number of allylic oxidation sites excluding steroid dienone is 1. The second-order valence-corrected chi connectivity index (χ2v) is 5.55. The molecule has 0 unspecified atom stereocenters. The maximum Gasteiger partial charge on any atom is 0.198 e. The van der Waals surface area contributed by atoms with Crippen LogP contribution >= 0.6 is 23.2 Å². The van der Waals surface area contributed by atoms with Gasteiger partial charge in [-0.15, -0.1) is 5.76 Å². The maximum absolute atomic E-state index is 11.6. The van der Waals surface area contributed by atoms with Crippen LogP contribution in [0.3, 0.4) is 0 Å². The predicted molar refractivity (Wildman–Crippen MR) is 57.4 cm³/mol. The SMILES string of the molecule is C/C([O-])=C/S(=O)(=O)c1cc(Cl)cc(Cl)c1. The highest BCUT2D eigenvalue weighted by molar-refractivity contribution is 7.94. The molecule has 1 aromatic rings. The average molecular weight is 266 g/mol. The predicted octanol–water partition coefficient (Wildman–Crippen LogP) is 1.99. The normalized spacial score (nSPS) is 12.9. The molecule has 0 saturated carbocycles. The van der Waals surface area contributed by atoms with Crippen molar-refractivity contribution in [1.29, 1.82) is 0 Å². The second kappa shape index (κ2) is 4.43. The molecule has 0 fully saturated rings. The minimum atomic E-state index is -3.75. The van der Waals surface area contributed by atoms with E-state index in [0.717, 1.165) is 6.92 Å². The van der Waals surface area contributed by atoms with Crippen molar-refractivity contribution in [3.8, 4) is 0 Å². The Kier molecular flexibility index (Phi) is 3.65. The average Bonchev–Trinajstić information content (AvgIpc) is 1.99. The van der Waals surface area contributed by atoms with Crippen LogP contribution in [0, 0.1) is 0 Å². The van der Waals surface area contributed by atoms with Gasteiger partial charge in [0, 0.05) is 15.5 Å². The number of rotatable bonds is 2. The first-order chi connectivity index (χ1) is 6.81. The minimum absolute atomic E-state index is 0.0878. The fourth-order valence-corrected chi connectivity index (χ4v) is 2.79. The van der Waals surface area contributed by atoms with Gasteiger partial charge in [-0.05, 0) is 18.2 Å². The van der Waals surface area contributed by atoms with Crippen molar-refractivity contribution in [3.63, 3.8) is 0 Å². The lowest BCUT2D eigenvalue weighted by Crippen LogP contribution is -2.04. The third-order valence-electron chi connectivity index (χ3n) is 1.49. The highest BCUT2D eigenvalue weighted by Crippen LogP contribution is 2.23. The zero-order valence-corrected chi connectivity index (χ0v) is 10.0. The first-order valence-corrected chi connectivity index (χ1v) is 6.18. The second-order valence-electron chi connectivity index (χ2n) is 2.88. The summed E-state index contributed by atoms with van der Waals surface area (Å²) in [5.41, 5.74) is 0.